The average molecular weight is 592 g/mol. The van der Waals surface area contributed by atoms with Crippen molar-refractivity contribution in [3.05, 3.63) is 84.2 Å². The lowest BCUT2D eigenvalue weighted by atomic mass is 9.73. The largest absolute Gasteiger partial charge is 0.497 e. The Morgan fingerprint density at radius 2 is 1.76 bits per heavy atom. The fourth-order valence-corrected chi connectivity index (χ4v) is 7.45. The highest BCUT2D eigenvalue weighted by Gasteiger charge is 2.38. The molecule has 1 saturated heterocycles. The second-order valence-electron chi connectivity index (χ2n) is 11.6. The van der Waals surface area contributed by atoms with Crippen LogP contribution in [0.15, 0.2) is 78.0 Å². The van der Waals surface area contributed by atoms with Gasteiger partial charge in [0.2, 0.25) is 5.91 Å². The lowest BCUT2D eigenvalue weighted by Gasteiger charge is -2.45. The standard InChI is InChI=1S/C33H41N3O5S/c1-40-29-11-13-30(14-12-29)42(38,39)25-32(37)36-19-16-33(17-20-36)15-5-4-9-28-8-2-3-10-31(28)41-22-21-35(26-33)24-27-7-6-18-34-23-27/h2-3,6-8,10-14,18,23H,4-5,9,15-17,19-22,24-26H2,1H3. The predicted octanol–water partition coefficient (Wildman–Crippen LogP) is 4.78. The third kappa shape index (κ3) is 7.69. The van der Waals surface area contributed by atoms with Crippen molar-refractivity contribution in [3.63, 3.8) is 0 Å². The van der Waals surface area contributed by atoms with Crippen LogP contribution in [0.3, 0.4) is 0 Å². The molecule has 3 heterocycles. The van der Waals surface area contributed by atoms with Gasteiger partial charge in [0.1, 0.15) is 23.9 Å². The number of para-hydroxylation sites is 1. The second-order valence-corrected chi connectivity index (χ2v) is 13.5. The summed E-state index contributed by atoms with van der Waals surface area (Å²) in [5, 5.41) is 0. The first kappa shape index (κ1) is 30.0. The lowest BCUT2D eigenvalue weighted by molar-refractivity contribution is -0.131. The van der Waals surface area contributed by atoms with Gasteiger partial charge in [0.25, 0.3) is 0 Å². The maximum Gasteiger partial charge on any atom is 0.238 e. The number of ether oxygens (including phenoxy) is 2. The molecule has 1 amide bonds. The van der Waals surface area contributed by atoms with E-state index in [4.69, 9.17) is 9.47 Å². The number of aromatic nitrogens is 1. The molecule has 2 aromatic carbocycles. The fraction of sp³-hybridized carbons (Fsp3) is 0.455. The molecule has 1 aromatic heterocycles. The number of carbonyl (C=O) groups is 1. The van der Waals surface area contributed by atoms with E-state index >= 15 is 0 Å². The van der Waals surface area contributed by atoms with Gasteiger partial charge in [-0.2, -0.15) is 0 Å². The van der Waals surface area contributed by atoms with Gasteiger partial charge < -0.3 is 14.4 Å². The smallest absolute Gasteiger partial charge is 0.238 e. The molecule has 5 rings (SSSR count). The Kier molecular flexibility index (Phi) is 9.80. The highest BCUT2D eigenvalue weighted by molar-refractivity contribution is 7.92. The third-order valence-corrected chi connectivity index (χ3v) is 10.3. The summed E-state index contributed by atoms with van der Waals surface area (Å²) in [4.78, 5) is 21.9. The van der Waals surface area contributed by atoms with Crippen molar-refractivity contribution in [3.8, 4) is 11.5 Å². The van der Waals surface area contributed by atoms with Crippen LogP contribution in [0.1, 0.15) is 43.2 Å². The van der Waals surface area contributed by atoms with Crippen LogP contribution in [0.25, 0.3) is 0 Å². The lowest BCUT2D eigenvalue weighted by Crippen LogP contribution is -2.49. The number of benzene rings is 2. The Bertz CT molecular complexity index is 1420. The zero-order valence-corrected chi connectivity index (χ0v) is 25.2. The number of piperidine rings is 1. The maximum atomic E-state index is 13.2. The first-order chi connectivity index (χ1) is 20.4. The molecule has 2 aliphatic rings. The van der Waals surface area contributed by atoms with E-state index in [0.717, 1.165) is 69.5 Å². The minimum Gasteiger partial charge on any atom is -0.497 e. The number of nitrogens with zero attached hydrogens (tertiary/aromatic N) is 3. The van der Waals surface area contributed by atoms with Crippen LogP contribution < -0.4 is 9.47 Å². The van der Waals surface area contributed by atoms with Gasteiger partial charge in [0.05, 0.1) is 12.0 Å². The number of fused-ring (bicyclic) bond motifs is 1. The summed E-state index contributed by atoms with van der Waals surface area (Å²) in [5.41, 5.74) is 2.47. The van der Waals surface area contributed by atoms with E-state index in [1.165, 1.54) is 24.8 Å². The first-order valence-corrected chi connectivity index (χ1v) is 16.5. The molecule has 0 atom stereocenters. The van der Waals surface area contributed by atoms with Crippen molar-refractivity contribution < 1.29 is 22.7 Å². The molecule has 8 nitrogen and oxygen atoms in total. The van der Waals surface area contributed by atoms with Gasteiger partial charge in [-0.3, -0.25) is 14.7 Å². The van der Waals surface area contributed by atoms with Gasteiger partial charge in [0, 0.05) is 45.1 Å². The minimum absolute atomic E-state index is 0.0482. The molecule has 1 spiro atoms. The number of carbonyl (C=O) groups excluding carboxylic acids is 1. The molecule has 2 aliphatic heterocycles. The van der Waals surface area contributed by atoms with Crippen LogP contribution in [0.4, 0.5) is 0 Å². The molecule has 0 saturated carbocycles. The Morgan fingerprint density at radius 3 is 2.50 bits per heavy atom. The molecule has 0 unspecified atom stereocenters. The van der Waals surface area contributed by atoms with Crippen LogP contribution in [0.2, 0.25) is 0 Å². The molecule has 224 valence electrons. The minimum atomic E-state index is -3.74. The number of pyridine rings is 1. The summed E-state index contributed by atoms with van der Waals surface area (Å²) in [6.45, 7) is 4.20. The normalized spacial score (nSPS) is 18.3. The van der Waals surface area contributed by atoms with Gasteiger partial charge in [-0.15, -0.1) is 0 Å². The molecule has 3 aromatic rings. The Hall–Kier alpha value is -3.43. The number of hydrogen-bond acceptors (Lipinski definition) is 7. The second kappa shape index (κ2) is 13.7. The summed E-state index contributed by atoms with van der Waals surface area (Å²) < 4.78 is 37.4. The van der Waals surface area contributed by atoms with E-state index in [-0.39, 0.29) is 16.2 Å². The quantitative estimate of drug-likeness (QED) is 0.408. The van der Waals surface area contributed by atoms with E-state index in [9.17, 15) is 13.2 Å². The highest BCUT2D eigenvalue weighted by atomic mass is 32.2. The average Bonchev–Trinajstić information content (AvgIpc) is 3.00. The third-order valence-electron chi connectivity index (χ3n) is 8.64. The van der Waals surface area contributed by atoms with Crippen LogP contribution in [0, 0.1) is 5.41 Å². The molecule has 0 bridgehead atoms. The predicted molar refractivity (Wildman–Crippen MR) is 162 cm³/mol. The summed E-state index contributed by atoms with van der Waals surface area (Å²) in [5.74, 6) is 0.708. The van der Waals surface area contributed by atoms with Crippen LogP contribution in [0.5, 0.6) is 11.5 Å². The van der Waals surface area contributed by atoms with E-state index < -0.39 is 15.6 Å². The topological polar surface area (TPSA) is 89.0 Å². The number of methoxy groups -OCH3 is 1. The molecular weight excluding hydrogens is 550 g/mol. The van der Waals surface area contributed by atoms with Crippen LogP contribution in [-0.2, 0) is 27.6 Å². The monoisotopic (exact) mass is 591 g/mol. The number of amides is 1. The molecule has 9 heteroatoms. The summed E-state index contributed by atoms with van der Waals surface area (Å²) in [7, 11) is -2.21. The van der Waals surface area contributed by atoms with Gasteiger partial charge in [0.15, 0.2) is 9.84 Å². The van der Waals surface area contributed by atoms with Crippen LogP contribution >= 0.6 is 0 Å². The molecule has 1 fully saturated rings. The van der Waals surface area contributed by atoms with E-state index in [1.54, 1.807) is 23.2 Å². The van der Waals surface area contributed by atoms with E-state index in [2.05, 4.69) is 34.1 Å². The van der Waals surface area contributed by atoms with Crippen molar-refractivity contribution in [1.29, 1.82) is 0 Å². The van der Waals surface area contributed by atoms with Gasteiger partial charge in [-0.25, -0.2) is 8.42 Å². The van der Waals surface area contributed by atoms with E-state index in [0.29, 0.717) is 25.4 Å². The van der Waals surface area contributed by atoms with E-state index in [1.807, 2.05) is 18.3 Å². The van der Waals surface area contributed by atoms with Gasteiger partial charge >= 0.3 is 0 Å². The highest BCUT2D eigenvalue weighted by Crippen LogP contribution is 2.39. The van der Waals surface area contributed by atoms with Gasteiger partial charge in [-0.05, 0) is 85.0 Å². The van der Waals surface area contributed by atoms with Crippen molar-refractivity contribution in [2.45, 2.75) is 50.0 Å². The Labute approximate surface area is 249 Å². The Morgan fingerprint density at radius 1 is 0.976 bits per heavy atom. The summed E-state index contributed by atoms with van der Waals surface area (Å²) in [6, 6.07) is 18.6. The number of aryl methyl sites for hydroxylation is 1. The van der Waals surface area contributed by atoms with Crippen molar-refractivity contribution in [2.75, 3.05) is 45.6 Å². The molecule has 42 heavy (non-hydrogen) atoms. The number of sulfone groups is 1. The molecule has 0 aliphatic carbocycles. The Balaban J connectivity index is 1.27. The van der Waals surface area contributed by atoms with Gasteiger partial charge in [-0.1, -0.05) is 30.7 Å². The number of rotatable bonds is 6. The van der Waals surface area contributed by atoms with Crippen molar-refractivity contribution >= 4 is 15.7 Å². The van der Waals surface area contributed by atoms with Crippen molar-refractivity contribution in [1.82, 2.24) is 14.8 Å². The van der Waals surface area contributed by atoms with Crippen molar-refractivity contribution in [2.24, 2.45) is 5.41 Å². The summed E-state index contributed by atoms with van der Waals surface area (Å²) in [6.07, 6.45) is 9.64. The number of hydrogen-bond donors (Lipinski definition) is 0. The first-order valence-electron chi connectivity index (χ1n) is 14.8. The fourth-order valence-electron chi connectivity index (χ4n) is 6.23. The maximum absolute atomic E-state index is 13.2. The number of likely N-dealkylation sites (tertiary alicyclic amines) is 1. The molecule has 0 N–H and O–H groups in total. The molecule has 0 radical (unpaired) electrons. The summed E-state index contributed by atoms with van der Waals surface area (Å²) >= 11 is 0. The molecular formula is C33H41N3O5S. The SMILES string of the molecule is COc1ccc(S(=O)(=O)CC(=O)N2CCC3(CCCCc4ccccc4OCCN(Cc4cccnc4)C3)CC2)cc1. The zero-order chi connectivity index (χ0) is 29.4. The van der Waals surface area contributed by atoms with Crippen LogP contribution in [-0.4, -0.2) is 74.8 Å². The zero-order valence-electron chi connectivity index (χ0n) is 24.4.